The molecule has 96 valence electrons. The predicted molar refractivity (Wildman–Crippen MR) is 72.6 cm³/mol. The summed E-state index contributed by atoms with van der Waals surface area (Å²) in [5.41, 5.74) is 3.76. The van der Waals surface area contributed by atoms with E-state index < -0.39 is 0 Å². The number of aldehydes is 1. The van der Waals surface area contributed by atoms with Gasteiger partial charge in [-0.2, -0.15) is 0 Å². The lowest BCUT2D eigenvalue weighted by Gasteiger charge is -2.12. The van der Waals surface area contributed by atoms with Crippen molar-refractivity contribution in [3.63, 3.8) is 0 Å². The molecule has 0 aromatic carbocycles. The Morgan fingerprint density at radius 2 is 2.11 bits per heavy atom. The number of hydrogen-bond acceptors (Lipinski definition) is 2. The first-order chi connectivity index (χ1) is 8.61. The van der Waals surface area contributed by atoms with Gasteiger partial charge in [0, 0.05) is 17.4 Å². The second-order valence-electron chi connectivity index (χ2n) is 5.19. The summed E-state index contributed by atoms with van der Waals surface area (Å²) in [4.78, 5) is 11.0. The molecular weight excluding hydrogens is 224 g/mol. The maximum absolute atomic E-state index is 11.0. The fourth-order valence-electron chi connectivity index (χ4n) is 2.42. The zero-order valence-corrected chi connectivity index (χ0v) is 11.3. The highest BCUT2D eigenvalue weighted by atomic mass is 16.3. The van der Waals surface area contributed by atoms with Gasteiger partial charge < -0.3 is 9.21 Å². The topological polar surface area (TPSA) is 30.2 Å². The van der Waals surface area contributed by atoms with Crippen LogP contribution in [0, 0.1) is 12.8 Å². The Balaban J connectivity index is 2.41. The van der Waals surface area contributed by atoms with E-state index in [4.69, 9.17) is 4.42 Å². The van der Waals surface area contributed by atoms with Crippen LogP contribution in [0.15, 0.2) is 34.5 Å². The van der Waals surface area contributed by atoms with Gasteiger partial charge in [-0.25, -0.2) is 0 Å². The van der Waals surface area contributed by atoms with Crippen LogP contribution in [0.5, 0.6) is 0 Å². The van der Waals surface area contributed by atoms with Crippen molar-refractivity contribution in [3.8, 4) is 0 Å². The molecule has 1 aliphatic rings. The number of carbonyl (C=O) groups is 1. The van der Waals surface area contributed by atoms with Gasteiger partial charge in [0.15, 0.2) is 0 Å². The van der Waals surface area contributed by atoms with E-state index in [1.807, 2.05) is 12.3 Å². The monoisotopic (exact) mass is 244 g/mol. The third-order valence-electron chi connectivity index (χ3n) is 3.58. The molecule has 18 heavy (non-hydrogen) atoms. The minimum absolute atomic E-state index is 0.0127. The molecule has 0 amide bonds. The van der Waals surface area contributed by atoms with Crippen molar-refractivity contribution in [2.24, 2.45) is 5.92 Å². The van der Waals surface area contributed by atoms with Crippen molar-refractivity contribution in [3.05, 3.63) is 47.0 Å². The van der Waals surface area contributed by atoms with Gasteiger partial charge in [-0.05, 0) is 32.3 Å². The predicted octanol–water partition coefficient (Wildman–Crippen LogP) is 3.96. The summed E-state index contributed by atoms with van der Waals surface area (Å²) in [6.07, 6.45) is 10.9. The first-order valence-corrected chi connectivity index (χ1v) is 6.48. The molecule has 2 unspecified atom stereocenters. The van der Waals surface area contributed by atoms with Crippen LogP contribution in [0.2, 0.25) is 0 Å². The zero-order chi connectivity index (χ0) is 13.1. The van der Waals surface area contributed by atoms with Crippen LogP contribution in [-0.2, 0) is 11.2 Å². The van der Waals surface area contributed by atoms with Crippen LogP contribution in [0.4, 0.5) is 0 Å². The summed E-state index contributed by atoms with van der Waals surface area (Å²) >= 11 is 0. The average Bonchev–Trinajstić information content (AvgIpc) is 2.72. The maximum atomic E-state index is 11.0. The first-order valence-electron chi connectivity index (χ1n) is 6.48. The Morgan fingerprint density at radius 1 is 1.33 bits per heavy atom. The minimum Gasteiger partial charge on any atom is -0.468 e. The third kappa shape index (κ3) is 2.63. The van der Waals surface area contributed by atoms with Crippen molar-refractivity contribution in [1.82, 2.24) is 0 Å². The maximum Gasteiger partial charge on any atom is 0.127 e. The summed E-state index contributed by atoms with van der Waals surface area (Å²) in [7, 11) is 0. The van der Waals surface area contributed by atoms with Crippen molar-refractivity contribution >= 4 is 6.29 Å². The Labute approximate surface area is 108 Å². The van der Waals surface area contributed by atoms with E-state index in [1.54, 1.807) is 0 Å². The molecule has 2 heteroatoms. The van der Waals surface area contributed by atoms with Gasteiger partial charge >= 0.3 is 0 Å². The van der Waals surface area contributed by atoms with Crippen LogP contribution in [-0.4, -0.2) is 6.29 Å². The molecule has 0 bridgehead atoms. The smallest absolute Gasteiger partial charge is 0.127 e. The molecule has 1 aromatic heterocycles. The second-order valence-corrected chi connectivity index (χ2v) is 5.19. The Kier molecular flexibility index (Phi) is 3.85. The molecule has 0 spiro atoms. The lowest BCUT2D eigenvalue weighted by Crippen LogP contribution is -2.03. The molecule has 0 radical (unpaired) electrons. The lowest BCUT2D eigenvalue weighted by atomic mass is 9.93. The molecule has 2 rings (SSSR count). The third-order valence-corrected chi connectivity index (χ3v) is 3.58. The van der Waals surface area contributed by atoms with Crippen LogP contribution in [0.3, 0.4) is 0 Å². The Morgan fingerprint density at radius 3 is 2.83 bits per heavy atom. The molecule has 0 saturated heterocycles. The van der Waals surface area contributed by atoms with Gasteiger partial charge in [-0.3, -0.25) is 0 Å². The summed E-state index contributed by atoms with van der Waals surface area (Å²) < 4.78 is 5.67. The van der Waals surface area contributed by atoms with Crippen LogP contribution in [0.1, 0.15) is 43.1 Å². The number of hydrogen-bond donors (Lipinski definition) is 0. The van der Waals surface area contributed by atoms with E-state index in [1.165, 1.54) is 16.7 Å². The van der Waals surface area contributed by atoms with E-state index >= 15 is 0 Å². The normalized spacial score (nSPS) is 28.9. The van der Waals surface area contributed by atoms with E-state index in [0.29, 0.717) is 0 Å². The van der Waals surface area contributed by atoms with Crippen molar-refractivity contribution in [2.75, 3.05) is 0 Å². The summed E-state index contributed by atoms with van der Waals surface area (Å²) in [6.45, 7) is 6.28. The molecule has 2 nitrogen and oxygen atoms in total. The first kappa shape index (κ1) is 12.9. The number of furan rings is 1. The molecule has 1 aliphatic carbocycles. The zero-order valence-electron chi connectivity index (χ0n) is 11.3. The number of allylic oxidation sites excluding steroid dienone is 4. The fraction of sp³-hybridized carbons (Fsp3) is 0.438. The van der Waals surface area contributed by atoms with Crippen molar-refractivity contribution in [2.45, 2.75) is 39.5 Å². The molecule has 2 atom stereocenters. The second kappa shape index (κ2) is 5.38. The molecule has 0 N–H and O–H groups in total. The highest BCUT2D eigenvalue weighted by Crippen LogP contribution is 2.28. The van der Waals surface area contributed by atoms with Crippen LogP contribution >= 0.6 is 0 Å². The minimum atomic E-state index is -0.0127. The average molecular weight is 244 g/mol. The van der Waals surface area contributed by atoms with E-state index in [9.17, 15) is 4.79 Å². The van der Waals surface area contributed by atoms with E-state index in [-0.39, 0.29) is 11.8 Å². The molecule has 1 heterocycles. The standard InChI is InChI=1S/C16H20O2/c1-11-4-7-15-13(3)10-18-16(15)12(2)5-6-14(8-11)9-17/h4-6,9-10,12,14H,7-8H2,1-3H3/b6-5+,11-4+. The summed E-state index contributed by atoms with van der Waals surface area (Å²) in [6, 6.07) is 0. The number of fused-ring (bicyclic) bond motifs is 1. The SMILES string of the molecule is C/C1=C\Cc2c(C)coc2C(C)/C=C/C(C=O)C1. The van der Waals surface area contributed by atoms with Crippen LogP contribution < -0.4 is 0 Å². The highest BCUT2D eigenvalue weighted by molar-refractivity contribution is 5.57. The number of aryl methyl sites for hydroxylation is 1. The molecule has 1 aromatic rings. The summed E-state index contributed by atoms with van der Waals surface area (Å²) in [5, 5.41) is 0. The molecular formula is C16H20O2. The Hall–Kier alpha value is -1.57. The van der Waals surface area contributed by atoms with Gasteiger partial charge in [-0.1, -0.05) is 30.7 Å². The van der Waals surface area contributed by atoms with Gasteiger partial charge in [0.2, 0.25) is 0 Å². The molecule has 0 fully saturated rings. The summed E-state index contributed by atoms with van der Waals surface area (Å²) in [5.74, 6) is 1.24. The number of rotatable bonds is 1. The van der Waals surface area contributed by atoms with Gasteiger partial charge in [0.1, 0.15) is 12.0 Å². The van der Waals surface area contributed by atoms with Crippen LogP contribution in [0.25, 0.3) is 0 Å². The molecule has 0 saturated carbocycles. The van der Waals surface area contributed by atoms with E-state index in [0.717, 1.165) is 24.9 Å². The fourth-order valence-corrected chi connectivity index (χ4v) is 2.42. The van der Waals surface area contributed by atoms with Crippen molar-refractivity contribution < 1.29 is 9.21 Å². The lowest BCUT2D eigenvalue weighted by molar-refractivity contribution is -0.109. The van der Waals surface area contributed by atoms with Gasteiger partial charge in [-0.15, -0.1) is 0 Å². The number of carbonyl (C=O) groups excluding carboxylic acids is 1. The van der Waals surface area contributed by atoms with Gasteiger partial charge in [0.05, 0.1) is 6.26 Å². The molecule has 0 aliphatic heterocycles. The Bertz CT molecular complexity index is 491. The quantitative estimate of drug-likeness (QED) is 0.553. The van der Waals surface area contributed by atoms with Crippen molar-refractivity contribution in [1.29, 1.82) is 0 Å². The van der Waals surface area contributed by atoms with E-state index in [2.05, 4.69) is 32.9 Å². The highest BCUT2D eigenvalue weighted by Gasteiger charge is 2.16. The largest absolute Gasteiger partial charge is 0.468 e. The van der Waals surface area contributed by atoms with Gasteiger partial charge in [0.25, 0.3) is 0 Å².